The lowest BCUT2D eigenvalue weighted by molar-refractivity contribution is -0.157. The number of amides is 1. The summed E-state index contributed by atoms with van der Waals surface area (Å²) in [6.07, 6.45) is 0. The Kier molecular flexibility index (Phi) is 5.98. The molecule has 0 aliphatic carbocycles. The van der Waals surface area contributed by atoms with Crippen molar-refractivity contribution in [3.05, 3.63) is 138 Å². The Hall–Kier alpha value is -4.51. The van der Waals surface area contributed by atoms with Crippen LogP contribution >= 0.6 is 0 Å². The van der Waals surface area contributed by atoms with Crippen LogP contribution in [0.25, 0.3) is 0 Å². The molecule has 0 bridgehead atoms. The van der Waals surface area contributed by atoms with E-state index < -0.39 is 35.0 Å². The molecule has 1 heterocycles. The number of hydrogen-bond donors (Lipinski definition) is 1. The molecule has 0 aromatic heterocycles. The minimum Gasteiger partial charge on any atom is -0.480 e. The number of nitrogens with zero attached hydrogens (tertiary/aromatic N) is 1. The average molecular weight is 476 g/mol. The number of carboxylic acid groups (broad SMARTS) is 1. The van der Waals surface area contributed by atoms with Gasteiger partial charge in [0.05, 0.1) is 6.04 Å². The normalized spacial score (nSPS) is 19.6. The van der Waals surface area contributed by atoms with Gasteiger partial charge in [0.25, 0.3) is 5.91 Å². The van der Waals surface area contributed by atoms with E-state index in [9.17, 15) is 19.5 Å². The number of aryl methyl sites for hydroxylation is 1. The van der Waals surface area contributed by atoms with E-state index >= 15 is 0 Å². The van der Waals surface area contributed by atoms with Crippen LogP contribution in [0.3, 0.4) is 0 Å². The number of hydrogen-bond acceptors (Lipinski definition) is 3. The van der Waals surface area contributed by atoms with Crippen LogP contribution in [0, 0.1) is 12.3 Å². The molecular formula is C31H25NO4. The van der Waals surface area contributed by atoms with Gasteiger partial charge in [0.1, 0.15) is 0 Å². The second-order valence-electron chi connectivity index (χ2n) is 9.08. The third kappa shape index (κ3) is 3.60. The quantitative estimate of drug-likeness (QED) is 0.293. The fourth-order valence-electron chi connectivity index (χ4n) is 5.39. The number of carbonyl (C=O) groups excluding carboxylic acids is 2. The smallest absolute Gasteiger partial charge is 0.321 e. The Bertz CT molecular complexity index is 1360. The maximum Gasteiger partial charge on any atom is 0.321 e. The molecule has 1 fully saturated rings. The molecule has 1 amide bonds. The van der Waals surface area contributed by atoms with E-state index in [1.807, 2.05) is 85.8 Å². The van der Waals surface area contributed by atoms with Gasteiger partial charge in [-0.1, -0.05) is 109 Å². The van der Waals surface area contributed by atoms with Crippen molar-refractivity contribution >= 4 is 23.3 Å². The molecule has 5 nitrogen and oxygen atoms in total. The number of benzene rings is 4. The second kappa shape index (κ2) is 9.27. The van der Waals surface area contributed by atoms with Gasteiger partial charge in [0, 0.05) is 11.6 Å². The summed E-state index contributed by atoms with van der Waals surface area (Å²) >= 11 is 0. The molecule has 5 rings (SSSR count). The van der Waals surface area contributed by atoms with Crippen LogP contribution in [-0.4, -0.2) is 22.8 Å². The van der Waals surface area contributed by atoms with Crippen molar-refractivity contribution in [1.29, 1.82) is 0 Å². The lowest BCUT2D eigenvalue weighted by atomic mass is 9.62. The number of Topliss-reactive ketones (excluding diaryl/α,β-unsaturated/α-hetero) is 1. The largest absolute Gasteiger partial charge is 0.480 e. The monoisotopic (exact) mass is 475 g/mol. The lowest BCUT2D eigenvalue weighted by Gasteiger charge is -2.39. The standard InChI is InChI=1S/C31H25NO4/c1-21-17-19-25(20-18-21)32-27(24-15-9-4-10-16-24)31(30(35)36,28(33)29(32)34)26(22-11-5-2-6-12-22)23-13-7-3-8-14-23/h2-20,26-27H,1H3,(H,35,36)/t27-,31-/m0/s1. The number of ketones is 1. The summed E-state index contributed by atoms with van der Waals surface area (Å²) in [7, 11) is 0. The maximum atomic E-state index is 14.1. The van der Waals surface area contributed by atoms with Crippen molar-refractivity contribution in [2.24, 2.45) is 5.41 Å². The van der Waals surface area contributed by atoms with Gasteiger partial charge in [-0.3, -0.25) is 19.3 Å². The Balaban J connectivity index is 1.86. The molecule has 1 aliphatic heterocycles. The minimum absolute atomic E-state index is 0.482. The van der Waals surface area contributed by atoms with Gasteiger partial charge in [-0.15, -0.1) is 0 Å². The van der Waals surface area contributed by atoms with Gasteiger partial charge in [-0.2, -0.15) is 0 Å². The summed E-state index contributed by atoms with van der Waals surface area (Å²) in [6.45, 7) is 1.93. The first-order valence-electron chi connectivity index (χ1n) is 11.8. The zero-order valence-electron chi connectivity index (χ0n) is 19.7. The van der Waals surface area contributed by atoms with Crippen molar-refractivity contribution in [3.8, 4) is 0 Å². The highest BCUT2D eigenvalue weighted by atomic mass is 16.4. The number of rotatable bonds is 6. The van der Waals surface area contributed by atoms with Gasteiger partial charge >= 0.3 is 5.97 Å². The summed E-state index contributed by atoms with van der Waals surface area (Å²) in [5, 5.41) is 11.0. The van der Waals surface area contributed by atoms with Crippen LogP contribution in [0.2, 0.25) is 0 Å². The first kappa shape index (κ1) is 23.2. The highest BCUT2D eigenvalue weighted by molar-refractivity contribution is 6.49. The summed E-state index contributed by atoms with van der Waals surface area (Å²) in [5.74, 6) is -3.99. The number of carboxylic acids is 1. The van der Waals surface area contributed by atoms with Gasteiger partial charge in [0.15, 0.2) is 5.41 Å². The van der Waals surface area contributed by atoms with E-state index in [1.165, 1.54) is 4.90 Å². The topological polar surface area (TPSA) is 74.7 Å². The SMILES string of the molecule is Cc1ccc(N2C(=O)C(=O)[C@](C(=O)O)(C(c3ccccc3)c3ccccc3)[C@@H]2c2ccccc2)cc1. The number of carbonyl (C=O) groups is 3. The minimum atomic E-state index is -2.11. The molecule has 4 aromatic rings. The van der Waals surface area contributed by atoms with Crippen LogP contribution in [0.1, 0.15) is 34.2 Å². The summed E-state index contributed by atoms with van der Waals surface area (Å²) in [5.41, 5.74) is 1.25. The molecule has 1 N–H and O–H groups in total. The number of anilines is 1. The lowest BCUT2D eigenvalue weighted by Crippen LogP contribution is -2.47. The maximum absolute atomic E-state index is 14.1. The van der Waals surface area contributed by atoms with Gasteiger partial charge in [0.2, 0.25) is 5.78 Å². The van der Waals surface area contributed by atoms with Crippen molar-refractivity contribution in [1.82, 2.24) is 0 Å². The molecule has 1 aliphatic rings. The molecule has 5 heteroatoms. The van der Waals surface area contributed by atoms with E-state index in [1.54, 1.807) is 36.4 Å². The van der Waals surface area contributed by atoms with E-state index in [-0.39, 0.29) is 0 Å². The molecular weight excluding hydrogens is 450 g/mol. The molecule has 0 saturated carbocycles. The van der Waals surface area contributed by atoms with E-state index in [0.29, 0.717) is 22.4 Å². The Labute approximate surface area is 209 Å². The predicted octanol–water partition coefficient (Wildman–Crippen LogP) is 5.56. The van der Waals surface area contributed by atoms with Crippen LogP contribution in [-0.2, 0) is 14.4 Å². The first-order valence-corrected chi connectivity index (χ1v) is 11.8. The molecule has 36 heavy (non-hydrogen) atoms. The molecule has 4 aromatic carbocycles. The zero-order valence-corrected chi connectivity index (χ0v) is 19.7. The van der Waals surface area contributed by atoms with Crippen LogP contribution < -0.4 is 4.90 Å². The van der Waals surface area contributed by atoms with Crippen LogP contribution in [0.15, 0.2) is 115 Å². The van der Waals surface area contributed by atoms with Crippen LogP contribution in [0.5, 0.6) is 0 Å². The summed E-state index contributed by atoms with van der Waals surface area (Å²) in [4.78, 5) is 42.7. The fraction of sp³-hybridized carbons (Fsp3) is 0.129. The van der Waals surface area contributed by atoms with Crippen LogP contribution in [0.4, 0.5) is 5.69 Å². The van der Waals surface area contributed by atoms with E-state index in [4.69, 9.17) is 0 Å². The van der Waals surface area contributed by atoms with Crippen molar-refractivity contribution < 1.29 is 19.5 Å². The summed E-state index contributed by atoms with van der Waals surface area (Å²) in [6, 6.07) is 33.3. The third-order valence-corrected chi connectivity index (χ3v) is 6.98. The molecule has 0 unspecified atom stereocenters. The van der Waals surface area contributed by atoms with Gasteiger partial charge in [-0.25, -0.2) is 0 Å². The highest BCUT2D eigenvalue weighted by Gasteiger charge is 2.69. The predicted molar refractivity (Wildman–Crippen MR) is 138 cm³/mol. The Morgan fingerprint density at radius 1 is 0.750 bits per heavy atom. The fourth-order valence-corrected chi connectivity index (χ4v) is 5.39. The molecule has 2 atom stereocenters. The van der Waals surface area contributed by atoms with Crippen molar-refractivity contribution in [2.75, 3.05) is 4.90 Å². The number of aliphatic carboxylic acids is 1. The van der Waals surface area contributed by atoms with E-state index in [0.717, 1.165) is 5.56 Å². The third-order valence-electron chi connectivity index (χ3n) is 6.98. The molecule has 0 spiro atoms. The van der Waals surface area contributed by atoms with Crippen molar-refractivity contribution in [3.63, 3.8) is 0 Å². The second-order valence-corrected chi connectivity index (χ2v) is 9.08. The molecule has 178 valence electrons. The highest BCUT2D eigenvalue weighted by Crippen LogP contribution is 2.57. The molecule has 0 radical (unpaired) electrons. The Morgan fingerprint density at radius 2 is 1.22 bits per heavy atom. The van der Waals surface area contributed by atoms with Gasteiger partial charge in [-0.05, 0) is 35.7 Å². The Morgan fingerprint density at radius 3 is 1.69 bits per heavy atom. The average Bonchev–Trinajstić information content (AvgIpc) is 3.14. The summed E-state index contributed by atoms with van der Waals surface area (Å²) < 4.78 is 0. The van der Waals surface area contributed by atoms with Gasteiger partial charge < -0.3 is 5.11 Å². The first-order chi connectivity index (χ1) is 17.5. The van der Waals surface area contributed by atoms with E-state index in [2.05, 4.69) is 0 Å². The zero-order chi connectivity index (χ0) is 25.3. The molecule has 1 saturated heterocycles. The van der Waals surface area contributed by atoms with Crippen molar-refractivity contribution in [2.45, 2.75) is 18.9 Å².